The summed E-state index contributed by atoms with van der Waals surface area (Å²) in [6.45, 7) is 4.15. The fourth-order valence-electron chi connectivity index (χ4n) is 3.48. The van der Waals surface area contributed by atoms with Crippen LogP contribution in [-0.4, -0.2) is 49.8 Å². The number of benzene rings is 2. The highest BCUT2D eigenvalue weighted by Crippen LogP contribution is 2.31. The first kappa shape index (κ1) is 23.7. The Morgan fingerprint density at radius 2 is 1.91 bits per heavy atom. The van der Waals surface area contributed by atoms with Crippen LogP contribution in [-0.2, 0) is 16.1 Å². The number of amides is 3. The zero-order chi connectivity index (χ0) is 24.2. The van der Waals surface area contributed by atoms with Crippen molar-refractivity contribution >= 4 is 47.1 Å². The Bertz CT molecular complexity index is 1340. The van der Waals surface area contributed by atoms with Crippen molar-refractivity contribution < 1.29 is 14.4 Å². The molecule has 0 spiro atoms. The largest absolute Gasteiger partial charge is 0.353 e. The highest BCUT2D eigenvalue weighted by atomic mass is 32.2. The molecule has 2 N–H and O–H groups in total. The van der Waals surface area contributed by atoms with Crippen molar-refractivity contribution in [2.24, 2.45) is 0 Å². The minimum Gasteiger partial charge on any atom is -0.353 e. The van der Waals surface area contributed by atoms with Crippen molar-refractivity contribution in [1.29, 1.82) is 0 Å². The number of nitrogens with one attached hydrogen (secondary N) is 2. The van der Waals surface area contributed by atoms with E-state index in [9.17, 15) is 14.4 Å². The molecule has 0 unspecified atom stereocenters. The van der Waals surface area contributed by atoms with Gasteiger partial charge in [0.25, 0.3) is 11.1 Å². The van der Waals surface area contributed by atoms with Crippen LogP contribution in [0.2, 0.25) is 0 Å². The summed E-state index contributed by atoms with van der Waals surface area (Å²) in [6, 6.07) is 15.4. The summed E-state index contributed by atoms with van der Waals surface area (Å²) < 4.78 is 1.95. The molecule has 0 radical (unpaired) electrons. The number of aromatic nitrogens is 3. The fraction of sp³-hybridized carbons (Fsp3) is 0.208. The van der Waals surface area contributed by atoms with Gasteiger partial charge in [-0.2, -0.15) is 5.10 Å². The first-order valence-electron chi connectivity index (χ1n) is 10.6. The van der Waals surface area contributed by atoms with Crippen LogP contribution < -0.4 is 5.32 Å². The van der Waals surface area contributed by atoms with Crippen LogP contribution in [0.15, 0.2) is 53.4 Å². The smallest absolute Gasteiger partial charge is 0.293 e. The molecule has 0 saturated carbocycles. The zero-order valence-electron chi connectivity index (χ0n) is 18.7. The van der Waals surface area contributed by atoms with Crippen LogP contribution in [0.3, 0.4) is 0 Å². The maximum atomic E-state index is 12.7. The molecule has 10 heteroatoms. The third-order valence-corrected chi connectivity index (χ3v) is 6.46. The zero-order valence-corrected chi connectivity index (χ0v) is 20.3. The monoisotopic (exact) mass is 493 g/mol. The Morgan fingerprint density at radius 3 is 2.65 bits per heavy atom. The molecule has 3 aromatic rings. The second-order valence-corrected chi connectivity index (χ2v) is 9.28. The molecule has 0 atom stereocenters. The Morgan fingerprint density at radius 1 is 1.15 bits per heavy atom. The molecule has 2 aromatic carbocycles. The number of hydrogen-bond acceptors (Lipinski definition) is 6. The number of rotatable bonds is 7. The van der Waals surface area contributed by atoms with Gasteiger partial charge in [0.15, 0.2) is 10.6 Å². The molecule has 1 aromatic heterocycles. The van der Waals surface area contributed by atoms with Crippen LogP contribution in [0, 0.1) is 18.6 Å². The molecule has 1 aliphatic rings. The minimum absolute atomic E-state index is 0.0339. The van der Waals surface area contributed by atoms with Gasteiger partial charge in [-0.1, -0.05) is 53.6 Å². The number of H-pyrrole nitrogens is 1. The fourth-order valence-corrected chi connectivity index (χ4v) is 4.54. The van der Waals surface area contributed by atoms with Crippen molar-refractivity contribution in [2.75, 3.05) is 13.1 Å². The van der Waals surface area contributed by atoms with E-state index in [0.717, 1.165) is 38.9 Å². The lowest BCUT2D eigenvalue weighted by molar-refractivity contribution is -0.124. The van der Waals surface area contributed by atoms with E-state index in [1.165, 1.54) is 0 Å². The second-order valence-electron chi connectivity index (χ2n) is 7.90. The molecular formula is C24H23N5O3S2. The first-order valence-corrected chi connectivity index (χ1v) is 11.9. The van der Waals surface area contributed by atoms with Crippen molar-refractivity contribution in [1.82, 2.24) is 25.0 Å². The van der Waals surface area contributed by atoms with Crippen LogP contribution in [0.5, 0.6) is 0 Å². The van der Waals surface area contributed by atoms with Gasteiger partial charge in [0.1, 0.15) is 6.54 Å². The normalized spacial score (nSPS) is 14.8. The van der Waals surface area contributed by atoms with Crippen LogP contribution in [0.1, 0.15) is 16.7 Å². The minimum atomic E-state index is -0.358. The average Bonchev–Trinajstić information content (AvgIpc) is 3.29. The number of thioether (sulfide) groups is 1. The predicted molar refractivity (Wildman–Crippen MR) is 134 cm³/mol. The number of aryl methyl sites for hydroxylation is 2. The Hall–Kier alpha value is -3.50. The summed E-state index contributed by atoms with van der Waals surface area (Å²) in [6.07, 6.45) is 1.70. The van der Waals surface area contributed by atoms with E-state index in [2.05, 4.69) is 15.5 Å². The highest BCUT2D eigenvalue weighted by molar-refractivity contribution is 8.18. The molecule has 2 heterocycles. The van der Waals surface area contributed by atoms with Crippen molar-refractivity contribution in [3.63, 3.8) is 0 Å². The Kier molecular flexibility index (Phi) is 7.09. The third-order valence-electron chi connectivity index (χ3n) is 5.24. The van der Waals surface area contributed by atoms with Gasteiger partial charge in [0.05, 0.1) is 4.91 Å². The maximum Gasteiger partial charge on any atom is 0.293 e. The number of hydrogen-bond donors (Lipinski definition) is 2. The van der Waals surface area contributed by atoms with Crippen molar-refractivity contribution in [2.45, 2.75) is 20.4 Å². The lowest BCUT2D eigenvalue weighted by Gasteiger charge is -2.13. The summed E-state index contributed by atoms with van der Waals surface area (Å²) >= 11 is 6.19. The number of aromatic amines is 1. The van der Waals surface area contributed by atoms with Gasteiger partial charge in [-0.15, -0.1) is 0 Å². The molecule has 34 heavy (non-hydrogen) atoms. The lowest BCUT2D eigenvalue weighted by Crippen LogP contribution is -2.38. The number of nitrogens with zero attached hydrogens (tertiary/aromatic N) is 3. The van der Waals surface area contributed by atoms with Crippen LogP contribution in [0.25, 0.3) is 17.5 Å². The summed E-state index contributed by atoms with van der Waals surface area (Å²) in [5.41, 5.74) is 3.88. The molecule has 8 nitrogen and oxygen atoms in total. The van der Waals surface area contributed by atoms with Gasteiger partial charge in [-0.05, 0) is 55.5 Å². The summed E-state index contributed by atoms with van der Waals surface area (Å²) in [5, 5.41) is 9.38. The summed E-state index contributed by atoms with van der Waals surface area (Å²) in [5.74, 6) is -0.0896. The van der Waals surface area contributed by atoms with Gasteiger partial charge >= 0.3 is 0 Å². The van der Waals surface area contributed by atoms with E-state index in [0.29, 0.717) is 15.5 Å². The van der Waals surface area contributed by atoms with Crippen LogP contribution >= 0.6 is 24.0 Å². The molecular weight excluding hydrogens is 470 g/mol. The van der Waals surface area contributed by atoms with Crippen LogP contribution in [0.4, 0.5) is 4.79 Å². The van der Waals surface area contributed by atoms with E-state index in [1.807, 2.05) is 62.4 Å². The summed E-state index contributed by atoms with van der Waals surface area (Å²) in [4.78, 5) is 39.1. The molecule has 0 aliphatic carbocycles. The molecule has 1 fully saturated rings. The third kappa shape index (κ3) is 5.35. The van der Waals surface area contributed by atoms with Gasteiger partial charge in [0.2, 0.25) is 5.91 Å². The molecule has 174 valence electrons. The Labute approximate surface area is 206 Å². The van der Waals surface area contributed by atoms with E-state index >= 15 is 0 Å². The molecule has 4 rings (SSSR count). The number of carbonyl (C=O) groups excluding carboxylic acids is 3. The number of imide groups is 1. The molecule has 1 saturated heterocycles. The SMILES string of the molecule is Cc1ccc(/C=C2\SC(=O)N(CCNC(=O)Cn3c(-c4cccc(C)c4)n[nH]c3=S)C2=O)cc1. The lowest BCUT2D eigenvalue weighted by atomic mass is 10.1. The molecule has 0 bridgehead atoms. The average molecular weight is 494 g/mol. The van der Waals surface area contributed by atoms with Gasteiger partial charge < -0.3 is 5.32 Å². The van der Waals surface area contributed by atoms with E-state index in [4.69, 9.17) is 12.2 Å². The first-order chi connectivity index (χ1) is 16.3. The van der Waals surface area contributed by atoms with E-state index < -0.39 is 0 Å². The maximum absolute atomic E-state index is 12.7. The second kappa shape index (κ2) is 10.2. The molecule has 3 amide bonds. The number of carbonyl (C=O) groups is 3. The van der Waals surface area contributed by atoms with Gasteiger partial charge in [-0.3, -0.25) is 28.9 Å². The van der Waals surface area contributed by atoms with E-state index in [1.54, 1.807) is 10.6 Å². The quantitative estimate of drug-likeness (QED) is 0.380. The van der Waals surface area contributed by atoms with E-state index in [-0.39, 0.29) is 36.7 Å². The predicted octanol–water partition coefficient (Wildman–Crippen LogP) is 4.08. The van der Waals surface area contributed by atoms with Crippen molar-refractivity contribution in [3.05, 3.63) is 74.9 Å². The summed E-state index contributed by atoms with van der Waals surface area (Å²) in [7, 11) is 0. The van der Waals surface area contributed by atoms with Crippen molar-refractivity contribution in [3.8, 4) is 11.4 Å². The topological polar surface area (TPSA) is 100 Å². The Balaban J connectivity index is 1.35. The highest BCUT2D eigenvalue weighted by Gasteiger charge is 2.34. The van der Waals surface area contributed by atoms with Gasteiger partial charge in [-0.25, -0.2) is 0 Å². The standard InChI is InChI=1S/C24H23N5O3S2/c1-15-6-8-17(9-7-15)13-19-22(31)28(24(32)34-19)11-10-25-20(30)14-29-21(26-27-23(29)33)18-5-3-4-16(2)12-18/h3-9,12-13H,10-11,14H2,1-2H3,(H,25,30)(H,27,33)/b19-13-. The molecule has 1 aliphatic heterocycles. The van der Waals surface area contributed by atoms with Gasteiger partial charge in [0, 0.05) is 18.7 Å².